The van der Waals surface area contributed by atoms with E-state index in [1.165, 1.54) is 18.2 Å². The fraction of sp³-hybridized carbons (Fsp3) is 0.533. The zero-order chi connectivity index (χ0) is 15.2. The first-order chi connectivity index (χ1) is 10.1. The lowest BCUT2D eigenvalue weighted by Gasteiger charge is -2.31. The molecule has 0 aliphatic carbocycles. The van der Waals surface area contributed by atoms with Gasteiger partial charge in [0.15, 0.2) is 0 Å². The quantitative estimate of drug-likeness (QED) is 0.750. The van der Waals surface area contributed by atoms with E-state index in [-0.39, 0.29) is 24.2 Å². The van der Waals surface area contributed by atoms with Crippen molar-refractivity contribution < 1.29 is 18.7 Å². The molecule has 22 heavy (non-hydrogen) atoms. The fourth-order valence-corrected chi connectivity index (χ4v) is 2.09. The van der Waals surface area contributed by atoms with Crippen molar-refractivity contribution in [3.63, 3.8) is 0 Å². The number of hydrogen-bond acceptors (Lipinski definition) is 4. The first kappa shape index (κ1) is 18.7. The molecule has 1 aromatic carbocycles. The zero-order valence-corrected chi connectivity index (χ0v) is 13.5. The summed E-state index contributed by atoms with van der Waals surface area (Å²) in [5, 5.41) is 5.89. The van der Waals surface area contributed by atoms with Crippen molar-refractivity contribution in [2.45, 2.75) is 6.92 Å². The Labute approximate surface area is 136 Å². The number of carbonyl (C=O) groups excluding carboxylic acids is 1. The topological polar surface area (TPSA) is 59.6 Å². The van der Waals surface area contributed by atoms with Gasteiger partial charge in [0.2, 0.25) is 5.91 Å². The van der Waals surface area contributed by atoms with Crippen molar-refractivity contribution in [3.05, 3.63) is 24.0 Å². The number of benzene rings is 1. The molecule has 5 nitrogen and oxygen atoms in total. The first-order valence-corrected chi connectivity index (χ1v) is 7.04. The van der Waals surface area contributed by atoms with E-state index in [2.05, 4.69) is 10.6 Å². The monoisotopic (exact) mass is 332 g/mol. The van der Waals surface area contributed by atoms with E-state index < -0.39 is 5.82 Å². The highest BCUT2D eigenvalue weighted by Gasteiger charge is 2.29. The van der Waals surface area contributed by atoms with Crippen LogP contribution in [0.1, 0.15) is 6.92 Å². The molecule has 1 saturated heterocycles. The minimum Gasteiger partial charge on any atom is -0.489 e. The molecule has 1 aliphatic heterocycles. The average molecular weight is 333 g/mol. The second kappa shape index (κ2) is 8.92. The second-order valence-corrected chi connectivity index (χ2v) is 5.18. The molecule has 1 aromatic rings. The summed E-state index contributed by atoms with van der Waals surface area (Å²) in [4.78, 5) is 12.2. The third kappa shape index (κ3) is 4.83. The van der Waals surface area contributed by atoms with Gasteiger partial charge in [-0.05, 0) is 31.1 Å². The molecule has 1 fully saturated rings. The molecule has 2 N–H and O–H groups in total. The van der Waals surface area contributed by atoms with Gasteiger partial charge in [-0.1, -0.05) is 6.92 Å². The Hall–Kier alpha value is -1.37. The van der Waals surface area contributed by atoms with Gasteiger partial charge in [0.1, 0.15) is 18.2 Å². The van der Waals surface area contributed by atoms with Gasteiger partial charge < -0.3 is 20.1 Å². The van der Waals surface area contributed by atoms with Gasteiger partial charge in [-0.25, -0.2) is 4.39 Å². The molecule has 1 aliphatic rings. The van der Waals surface area contributed by atoms with Crippen LogP contribution in [0.4, 0.5) is 10.1 Å². The van der Waals surface area contributed by atoms with Crippen LogP contribution in [-0.4, -0.2) is 39.3 Å². The minimum absolute atomic E-state index is 0. The predicted molar refractivity (Wildman–Crippen MR) is 85.2 cm³/mol. The summed E-state index contributed by atoms with van der Waals surface area (Å²) in [5.74, 6) is 0.115. The van der Waals surface area contributed by atoms with Crippen LogP contribution in [0.3, 0.4) is 0 Å². The van der Waals surface area contributed by atoms with E-state index in [4.69, 9.17) is 9.47 Å². The fourth-order valence-electron chi connectivity index (χ4n) is 2.09. The highest BCUT2D eigenvalue weighted by molar-refractivity contribution is 5.94. The van der Waals surface area contributed by atoms with Gasteiger partial charge in [-0.3, -0.25) is 4.79 Å². The summed E-state index contributed by atoms with van der Waals surface area (Å²) in [6, 6.07) is 4.08. The SMILES string of the molecule is COCCOc1ccc(F)cc1NC(=O)C(C)C1CNC1.Cl. The molecule has 1 atom stereocenters. The summed E-state index contributed by atoms with van der Waals surface area (Å²) in [5.41, 5.74) is 0.357. The van der Waals surface area contributed by atoms with E-state index in [1.807, 2.05) is 6.92 Å². The maximum atomic E-state index is 13.4. The molecular formula is C15H22ClFN2O3. The van der Waals surface area contributed by atoms with Gasteiger partial charge in [0, 0.05) is 19.1 Å². The number of anilines is 1. The largest absolute Gasteiger partial charge is 0.489 e. The van der Waals surface area contributed by atoms with Gasteiger partial charge in [0.25, 0.3) is 0 Å². The molecule has 0 bridgehead atoms. The predicted octanol–water partition coefficient (Wildman–Crippen LogP) is 2.07. The molecule has 0 aromatic heterocycles. The Morgan fingerprint density at radius 2 is 2.18 bits per heavy atom. The lowest BCUT2D eigenvalue weighted by atomic mass is 9.88. The van der Waals surface area contributed by atoms with E-state index in [9.17, 15) is 9.18 Å². The summed E-state index contributed by atoms with van der Waals surface area (Å²) in [7, 11) is 1.57. The van der Waals surface area contributed by atoms with Crippen molar-refractivity contribution in [3.8, 4) is 5.75 Å². The number of hydrogen-bond donors (Lipinski definition) is 2. The summed E-state index contributed by atoms with van der Waals surface area (Å²) < 4.78 is 23.8. The van der Waals surface area contributed by atoms with E-state index >= 15 is 0 Å². The average Bonchev–Trinajstić information content (AvgIpc) is 2.39. The van der Waals surface area contributed by atoms with Gasteiger partial charge in [0.05, 0.1) is 12.3 Å². The van der Waals surface area contributed by atoms with Crippen LogP contribution in [0.5, 0.6) is 5.75 Å². The maximum absolute atomic E-state index is 13.4. The minimum atomic E-state index is -0.414. The molecule has 1 unspecified atom stereocenters. The Morgan fingerprint density at radius 3 is 2.77 bits per heavy atom. The Balaban J connectivity index is 0.00000242. The van der Waals surface area contributed by atoms with E-state index in [1.54, 1.807) is 7.11 Å². The smallest absolute Gasteiger partial charge is 0.227 e. The molecule has 2 rings (SSSR count). The van der Waals surface area contributed by atoms with Gasteiger partial charge in [-0.15, -0.1) is 12.4 Å². The number of carbonyl (C=O) groups is 1. The summed E-state index contributed by atoms with van der Waals surface area (Å²) in [6.45, 7) is 4.33. The molecule has 124 valence electrons. The molecule has 0 radical (unpaired) electrons. The molecular weight excluding hydrogens is 311 g/mol. The lowest BCUT2D eigenvalue weighted by Crippen LogP contribution is -2.48. The van der Waals surface area contributed by atoms with Crippen molar-refractivity contribution >= 4 is 24.0 Å². The first-order valence-electron chi connectivity index (χ1n) is 7.04. The van der Waals surface area contributed by atoms with Crippen molar-refractivity contribution in [2.24, 2.45) is 11.8 Å². The molecule has 0 spiro atoms. The highest BCUT2D eigenvalue weighted by Crippen LogP contribution is 2.27. The molecule has 1 heterocycles. The van der Waals surface area contributed by atoms with E-state index in [0.29, 0.717) is 30.6 Å². The Bertz CT molecular complexity index is 498. The summed E-state index contributed by atoms with van der Waals surface area (Å²) >= 11 is 0. The van der Waals surface area contributed by atoms with Crippen LogP contribution < -0.4 is 15.4 Å². The standard InChI is InChI=1S/C15H21FN2O3.ClH/c1-10(11-8-17-9-11)15(19)18-13-7-12(16)3-4-14(13)21-6-5-20-2;/h3-4,7,10-11,17H,5-6,8-9H2,1-2H3,(H,18,19);1H. The molecule has 0 saturated carbocycles. The Kier molecular flexibility index (Phi) is 7.58. The number of rotatable bonds is 7. The molecule has 7 heteroatoms. The van der Waals surface area contributed by atoms with Crippen molar-refractivity contribution in [2.75, 3.05) is 38.7 Å². The van der Waals surface area contributed by atoms with Crippen molar-refractivity contribution in [1.29, 1.82) is 0 Å². The van der Waals surface area contributed by atoms with Crippen LogP contribution in [-0.2, 0) is 9.53 Å². The van der Waals surface area contributed by atoms with E-state index in [0.717, 1.165) is 13.1 Å². The number of ether oxygens (including phenoxy) is 2. The normalized spacial score (nSPS) is 15.4. The van der Waals surface area contributed by atoms with Crippen LogP contribution in [0.15, 0.2) is 18.2 Å². The second-order valence-electron chi connectivity index (χ2n) is 5.18. The van der Waals surface area contributed by atoms with Gasteiger partial charge >= 0.3 is 0 Å². The lowest BCUT2D eigenvalue weighted by molar-refractivity contribution is -0.121. The maximum Gasteiger partial charge on any atom is 0.227 e. The van der Waals surface area contributed by atoms with Crippen molar-refractivity contribution in [1.82, 2.24) is 5.32 Å². The number of methoxy groups -OCH3 is 1. The summed E-state index contributed by atoms with van der Waals surface area (Å²) in [6.07, 6.45) is 0. The zero-order valence-electron chi connectivity index (χ0n) is 12.7. The number of halogens is 2. The number of amides is 1. The van der Waals surface area contributed by atoms with Crippen LogP contribution in [0.2, 0.25) is 0 Å². The van der Waals surface area contributed by atoms with Gasteiger partial charge in [-0.2, -0.15) is 0 Å². The van der Waals surface area contributed by atoms with Crippen LogP contribution in [0.25, 0.3) is 0 Å². The molecule has 1 amide bonds. The highest BCUT2D eigenvalue weighted by atomic mass is 35.5. The Morgan fingerprint density at radius 1 is 1.45 bits per heavy atom. The third-order valence-corrected chi connectivity index (χ3v) is 3.68. The van der Waals surface area contributed by atoms with Crippen LogP contribution >= 0.6 is 12.4 Å². The third-order valence-electron chi connectivity index (χ3n) is 3.68. The number of nitrogens with one attached hydrogen (secondary N) is 2. The van der Waals surface area contributed by atoms with Crippen LogP contribution in [0, 0.1) is 17.7 Å².